The molecule has 1 rings (SSSR count). The van der Waals surface area contributed by atoms with Gasteiger partial charge in [-0.3, -0.25) is 0 Å². The molecule has 0 heterocycles. The van der Waals surface area contributed by atoms with Crippen LogP contribution in [0.2, 0.25) is 36.3 Å². The van der Waals surface area contributed by atoms with E-state index in [-0.39, 0.29) is 0 Å². The minimum absolute atomic E-state index is 0.629. The van der Waals surface area contributed by atoms with Gasteiger partial charge in [0.1, 0.15) is 0 Å². The van der Waals surface area contributed by atoms with Gasteiger partial charge in [-0.15, -0.1) is 0 Å². The van der Waals surface area contributed by atoms with Crippen molar-refractivity contribution >= 4 is 30.6 Å². The van der Waals surface area contributed by atoms with E-state index in [1.807, 2.05) is 0 Å². The Morgan fingerprint density at radius 2 is 1.00 bits per heavy atom. The summed E-state index contributed by atoms with van der Waals surface area (Å²) in [7, 11) is -6.70. The standard InChI is InChI=1S/C20H40O3Si3/c1-8-21-26(20-18-16-15-17-19-20,22-24(9-2,10-3)11-4)23-25(12-5,13-6)14-7/h15-19H,8-14H2,1-7H3. The first-order chi connectivity index (χ1) is 12.4. The second kappa shape index (κ2) is 10.9. The van der Waals surface area contributed by atoms with E-state index in [2.05, 4.69) is 78.8 Å². The second-order valence-electron chi connectivity index (χ2n) is 7.05. The lowest BCUT2D eigenvalue weighted by atomic mass is 10.4. The molecule has 0 amide bonds. The lowest BCUT2D eigenvalue weighted by molar-refractivity contribution is 0.180. The van der Waals surface area contributed by atoms with E-state index in [0.717, 1.165) is 41.5 Å². The molecule has 0 atom stereocenters. The van der Waals surface area contributed by atoms with E-state index in [1.54, 1.807) is 0 Å². The minimum Gasteiger partial charge on any atom is -0.412 e. The molecule has 3 nitrogen and oxygen atoms in total. The van der Waals surface area contributed by atoms with Crippen molar-refractivity contribution < 1.29 is 12.7 Å². The van der Waals surface area contributed by atoms with Gasteiger partial charge in [-0.2, -0.15) is 0 Å². The SMILES string of the molecule is CCO[Si](O[Si](CC)(CC)CC)(O[Si](CC)(CC)CC)c1ccccc1. The molecule has 0 aliphatic heterocycles. The van der Waals surface area contributed by atoms with Crippen LogP contribution in [0.1, 0.15) is 48.5 Å². The molecule has 0 radical (unpaired) electrons. The summed E-state index contributed by atoms with van der Waals surface area (Å²) in [4.78, 5) is 0. The van der Waals surface area contributed by atoms with E-state index in [9.17, 15) is 0 Å². The minimum atomic E-state index is -2.94. The van der Waals surface area contributed by atoms with Crippen molar-refractivity contribution in [3.8, 4) is 0 Å². The zero-order chi connectivity index (χ0) is 19.7. The zero-order valence-corrected chi connectivity index (χ0v) is 21.1. The maximum atomic E-state index is 7.13. The first-order valence-electron chi connectivity index (χ1n) is 10.5. The molecule has 1 aromatic carbocycles. The molecule has 0 N–H and O–H groups in total. The van der Waals surface area contributed by atoms with Gasteiger partial charge in [0.05, 0.1) is 0 Å². The summed E-state index contributed by atoms with van der Waals surface area (Å²) in [5.41, 5.74) is 0. The van der Waals surface area contributed by atoms with Gasteiger partial charge in [0.2, 0.25) is 0 Å². The van der Waals surface area contributed by atoms with Gasteiger partial charge in [0.15, 0.2) is 16.6 Å². The van der Waals surface area contributed by atoms with Gasteiger partial charge in [0.25, 0.3) is 0 Å². The van der Waals surface area contributed by atoms with Crippen LogP contribution >= 0.6 is 0 Å². The summed E-state index contributed by atoms with van der Waals surface area (Å²) in [6.45, 7) is 16.4. The Morgan fingerprint density at radius 1 is 0.615 bits per heavy atom. The van der Waals surface area contributed by atoms with E-state index < -0.39 is 25.4 Å². The Kier molecular flexibility index (Phi) is 9.99. The van der Waals surface area contributed by atoms with Crippen LogP contribution in [0.4, 0.5) is 0 Å². The lowest BCUT2D eigenvalue weighted by Gasteiger charge is -2.44. The summed E-state index contributed by atoms with van der Waals surface area (Å²) in [5.74, 6) is 0. The number of hydrogen-bond acceptors (Lipinski definition) is 3. The molecule has 0 saturated carbocycles. The highest BCUT2D eigenvalue weighted by molar-refractivity contribution is 6.93. The Morgan fingerprint density at radius 3 is 1.31 bits per heavy atom. The fourth-order valence-corrected chi connectivity index (χ4v) is 17.7. The average molecular weight is 413 g/mol. The molecule has 0 spiro atoms. The molecular formula is C20H40O3Si3. The van der Waals surface area contributed by atoms with Crippen LogP contribution in [0.25, 0.3) is 0 Å². The van der Waals surface area contributed by atoms with Crippen molar-refractivity contribution in [3.63, 3.8) is 0 Å². The zero-order valence-electron chi connectivity index (χ0n) is 18.1. The van der Waals surface area contributed by atoms with Crippen LogP contribution < -0.4 is 5.19 Å². The summed E-state index contributed by atoms with van der Waals surface area (Å²) < 4.78 is 20.8. The highest BCUT2D eigenvalue weighted by Crippen LogP contribution is 2.32. The summed E-state index contributed by atoms with van der Waals surface area (Å²) in [6.07, 6.45) is 0. The molecule has 0 unspecified atom stereocenters. The molecule has 0 fully saturated rings. The van der Waals surface area contributed by atoms with Crippen LogP contribution in [0.15, 0.2) is 30.3 Å². The molecule has 150 valence electrons. The van der Waals surface area contributed by atoms with Gasteiger partial charge in [0, 0.05) is 11.8 Å². The van der Waals surface area contributed by atoms with Crippen LogP contribution in [-0.4, -0.2) is 32.0 Å². The van der Waals surface area contributed by atoms with E-state index >= 15 is 0 Å². The topological polar surface area (TPSA) is 27.7 Å². The normalized spacial score (nSPS) is 13.2. The third kappa shape index (κ3) is 5.39. The quantitative estimate of drug-likeness (QED) is 0.377. The van der Waals surface area contributed by atoms with Crippen LogP contribution in [-0.2, 0) is 12.7 Å². The van der Waals surface area contributed by atoms with Gasteiger partial charge >= 0.3 is 8.80 Å². The summed E-state index contributed by atoms with van der Waals surface area (Å²) in [5, 5.41) is 1.14. The molecule has 0 aliphatic rings. The van der Waals surface area contributed by atoms with Gasteiger partial charge < -0.3 is 12.7 Å². The largest absolute Gasteiger partial charge is 0.516 e. The molecular weight excluding hydrogens is 372 g/mol. The predicted molar refractivity (Wildman–Crippen MR) is 120 cm³/mol. The van der Waals surface area contributed by atoms with Crippen LogP contribution in [0.3, 0.4) is 0 Å². The van der Waals surface area contributed by atoms with E-state index in [0.29, 0.717) is 6.61 Å². The number of hydrogen-bond donors (Lipinski definition) is 0. The Balaban J connectivity index is 3.51. The fourth-order valence-electron chi connectivity index (χ4n) is 3.62. The Bertz CT molecular complexity index is 464. The number of rotatable bonds is 13. The molecule has 0 bridgehead atoms. The van der Waals surface area contributed by atoms with Crippen LogP contribution in [0, 0.1) is 0 Å². The van der Waals surface area contributed by atoms with Gasteiger partial charge in [-0.1, -0.05) is 71.9 Å². The first kappa shape index (κ1) is 23.8. The third-order valence-electron chi connectivity index (χ3n) is 6.03. The Labute approximate surface area is 165 Å². The van der Waals surface area contributed by atoms with Crippen molar-refractivity contribution in [2.45, 2.75) is 84.7 Å². The van der Waals surface area contributed by atoms with Crippen molar-refractivity contribution in [1.29, 1.82) is 0 Å². The maximum absolute atomic E-state index is 7.13. The molecule has 1 aromatic rings. The third-order valence-corrected chi connectivity index (χ3v) is 21.1. The Hall–Kier alpha value is -0.249. The molecule has 0 saturated heterocycles. The predicted octanol–water partition coefficient (Wildman–Crippen LogP) is 5.91. The second-order valence-corrected chi connectivity index (χ2v) is 19.6. The average Bonchev–Trinajstić information content (AvgIpc) is 2.71. The summed E-state index contributed by atoms with van der Waals surface area (Å²) in [6, 6.07) is 17.2. The fraction of sp³-hybridized carbons (Fsp3) is 0.700. The van der Waals surface area contributed by atoms with E-state index in [1.165, 1.54) is 0 Å². The smallest absolute Gasteiger partial charge is 0.412 e. The van der Waals surface area contributed by atoms with Crippen molar-refractivity contribution in [2.75, 3.05) is 6.61 Å². The summed E-state index contributed by atoms with van der Waals surface area (Å²) >= 11 is 0. The maximum Gasteiger partial charge on any atom is 0.516 e. The molecule has 0 aromatic heterocycles. The van der Waals surface area contributed by atoms with Gasteiger partial charge in [-0.05, 0) is 43.2 Å². The lowest BCUT2D eigenvalue weighted by Crippen LogP contribution is -2.66. The van der Waals surface area contributed by atoms with Gasteiger partial charge in [-0.25, -0.2) is 0 Å². The van der Waals surface area contributed by atoms with E-state index in [4.69, 9.17) is 12.7 Å². The van der Waals surface area contributed by atoms with Crippen molar-refractivity contribution in [2.24, 2.45) is 0 Å². The first-order valence-corrected chi connectivity index (χ1v) is 17.3. The highest BCUT2D eigenvalue weighted by Gasteiger charge is 2.53. The monoisotopic (exact) mass is 412 g/mol. The van der Waals surface area contributed by atoms with Crippen molar-refractivity contribution in [1.82, 2.24) is 0 Å². The van der Waals surface area contributed by atoms with Crippen LogP contribution in [0.5, 0.6) is 0 Å². The van der Waals surface area contributed by atoms with Crippen molar-refractivity contribution in [3.05, 3.63) is 30.3 Å². The number of benzene rings is 1. The molecule has 6 heteroatoms. The highest BCUT2D eigenvalue weighted by atomic mass is 28.5. The molecule has 0 aliphatic carbocycles. The molecule has 26 heavy (non-hydrogen) atoms.